The molecular weight excluding hydrogens is 180 g/mol. The Balaban J connectivity index is 2.04. The molecule has 0 radical (unpaired) electrons. The van der Waals surface area contributed by atoms with E-state index in [2.05, 4.69) is 38.2 Å². The second-order valence-corrected chi connectivity index (χ2v) is 5.24. The van der Waals surface area contributed by atoms with Crippen LogP contribution in [0.5, 0.6) is 0 Å². The van der Waals surface area contributed by atoms with Crippen LogP contribution in [0.25, 0.3) is 0 Å². The first-order valence-electron chi connectivity index (χ1n) is 6.29. The Morgan fingerprint density at radius 1 is 1.07 bits per heavy atom. The van der Waals surface area contributed by atoms with Crippen LogP contribution in [0.3, 0.4) is 0 Å². The fourth-order valence-electron chi connectivity index (χ4n) is 2.61. The second-order valence-electron chi connectivity index (χ2n) is 5.24. The third kappa shape index (κ3) is 2.84. The monoisotopic (exact) mass is 202 g/mol. The van der Waals surface area contributed by atoms with Gasteiger partial charge in [-0.25, -0.2) is 0 Å². The molecule has 0 spiro atoms. The molecule has 82 valence electrons. The summed E-state index contributed by atoms with van der Waals surface area (Å²) >= 11 is 0. The molecule has 0 nitrogen and oxygen atoms in total. The van der Waals surface area contributed by atoms with Gasteiger partial charge in [-0.15, -0.1) is 0 Å². The fourth-order valence-corrected chi connectivity index (χ4v) is 2.61. The van der Waals surface area contributed by atoms with Gasteiger partial charge in [0.2, 0.25) is 0 Å². The van der Waals surface area contributed by atoms with Crippen LogP contribution in [-0.4, -0.2) is 0 Å². The van der Waals surface area contributed by atoms with Gasteiger partial charge < -0.3 is 0 Å². The lowest BCUT2D eigenvalue weighted by Gasteiger charge is -2.26. The predicted molar refractivity (Wildman–Crippen MR) is 66.7 cm³/mol. The van der Waals surface area contributed by atoms with Crippen LogP contribution in [0.4, 0.5) is 0 Å². The zero-order valence-electron chi connectivity index (χ0n) is 10.00. The van der Waals surface area contributed by atoms with Gasteiger partial charge >= 0.3 is 0 Å². The Labute approximate surface area is 93.8 Å². The van der Waals surface area contributed by atoms with Gasteiger partial charge in [0.15, 0.2) is 0 Å². The lowest BCUT2D eigenvalue weighted by Crippen LogP contribution is -2.13. The number of hydrogen-bond donors (Lipinski definition) is 0. The van der Waals surface area contributed by atoms with E-state index in [0.717, 1.165) is 18.3 Å². The molecule has 0 aromatic carbocycles. The molecule has 0 aromatic rings. The van der Waals surface area contributed by atoms with Gasteiger partial charge in [0, 0.05) is 0 Å². The van der Waals surface area contributed by atoms with E-state index < -0.39 is 0 Å². The molecule has 0 atom stereocenters. The standard InChI is InChI=1S/C15H22/c1-12-4-3-5-14(9-6-12)15-10-7-13(2)8-11-15/h3,5-6,9,13,15H,4,7-8,10-11H2,1-2H3. The van der Waals surface area contributed by atoms with Crippen molar-refractivity contribution in [2.24, 2.45) is 11.8 Å². The molecule has 0 heteroatoms. The van der Waals surface area contributed by atoms with Crippen LogP contribution >= 0.6 is 0 Å². The summed E-state index contributed by atoms with van der Waals surface area (Å²) < 4.78 is 0. The van der Waals surface area contributed by atoms with E-state index in [9.17, 15) is 0 Å². The summed E-state index contributed by atoms with van der Waals surface area (Å²) in [6, 6.07) is 0. The van der Waals surface area contributed by atoms with Gasteiger partial charge in [-0.2, -0.15) is 0 Å². The summed E-state index contributed by atoms with van der Waals surface area (Å²) in [6.45, 7) is 4.60. The summed E-state index contributed by atoms with van der Waals surface area (Å²) in [6.07, 6.45) is 16.1. The molecule has 2 aliphatic rings. The van der Waals surface area contributed by atoms with Crippen LogP contribution in [-0.2, 0) is 0 Å². The van der Waals surface area contributed by atoms with E-state index >= 15 is 0 Å². The summed E-state index contributed by atoms with van der Waals surface area (Å²) in [7, 11) is 0. The average Bonchev–Trinajstić information content (AvgIpc) is 2.44. The van der Waals surface area contributed by atoms with E-state index in [1.54, 1.807) is 5.57 Å². The molecule has 2 rings (SSSR count). The highest BCUT2D eigenvalue weighted by Gasteiger charge is 2.20. The number of hydrogen-bond acceptors (Lipinski definition) is 0. The summed E-state index contributed by atoms with van der Waals surface area (Å²) in [5.74, 6) is 1.79. The van der Waals surface area contributed by atoms with Crippen molar-refractivity contribution < 1.29 is 0 Å². The normalized spacial score (nSPS) is 31.9. The Kier molecular flexibility index (Phi) is 3.45. The van der Waals surface area contributed by atoms with Crippen molar-refractivity contribution in [2.75, 3.05) is 0 Å². The Morgan fingerprint density at radius 2 is 1.80 bits per heavy atom. The fraction of sp³-hybridized carbons (Fsp3) is 0.600. The van der Waals surface area contributed by atoms with E-state index in [1.807, 2.05) is 0 Å². The topological polar surface area (TPSA) is 0 Å². The van der Waals surface area contributed by atoms with Gasteiger partial charge in [-0.05, 0) is 43.6 Å². The Hall–Kier alpha value is -0.780. The largest absolute Gasteiger partial charge is 0.0802 e. The summed E-state index contributed by atoms with van der Waals surface area (Å²) in [5.41, 5.74) is 3.05. The van der Waals surface area contributed by atoms with E-state index in [-0.39, 0.29) is 0 Å². The zero-order valence-corrected chi connectivity index (χ0v) is 10.00. The van der Waals surface area contributed by atoms with Crippen molar-refractivity contribution in [3.05, 3.63) is 35.5 Å². The molecule has 15 heavy (non-hydrogen) atoms. The first kappa shape index (κ1) is 10.7. The minimum atomic E-state index is 0.833. The minimum absolute atomic E-state index is 0.833. The van der Waals surface area contributed by atoms with Crippen molar-refractivity contribution in [3.8, 4) is 0 Å². The smallest absolute Gasteiger partial charge is 0.0135 e. The van der Waals surface area contributed by atoms with Gasteiger partial charge in [0.1, 0.15) is 0 Å². The van der Waals surface area contributed by atoms with Crippen LogP contribution in [0.2, 0.25) is 0 Å². The van der Waals surface area contributed by atoms with Crippen molar-refractivity contribution in [1.29, 1.82) is 0 Å². The van der Waals surface area contributed by atoms with Crippen molar-refractivity contribution in [1.82, 2.24) is 0 Å². The van der Waals surface area contributed by atoms with Gasteiger partial charge in [0.25, 0.3) is 0 Å². The number of allylic oxidation sites excluding steroid dienone is 6. The molecule has 0 amide bonds. The van der Waals surface area contributed by atoms with Gasteiger partial charge in [-0.3, -0.25) is 0 Å². The van der Waals surface area contributed by atoms with Crippen molar-refractivity contribution in [2.45, 2.75) is 46.0 Å². The third-order valence-corrected chi connectivity index (χ3v) is 3.80. The highest BCUT2D eigenvalue weighted by molar-refractivity contribution is 5.32. The van der Waals surface area contributed by atoms with Crippen LogP contribution in [0.15, 0.2) is 35.5 Å². The Morgan fingerprint density at radius 3 is 2.53 bits per heavy atom. The van der Waals surface area contributed by atoms with E-state index in [1.165, 1.54) is 31.3 Å². The SMILES string of the molecule is CC1=CC=C(C2CCC(C)CC2)C=CC1. The second kappa shape index (κ2) is 4.83. The summed E-state index contributed by atoms with van der Waals surface area (Å²) in [5, 5.41) is 0. The molecule has 0 unspecified atom stereocenters. The van der Waals surface area contributed by atoms with Crippen LogP contribution in [0, 0.1) is 11.8 Å². The highest BCUT2D eigenvalue weighted by atomic mass is 14.2. The first-order chi connectivity index (χ1) is 7.25. The van der Waals surface area contributed by atoms with Crippen molar-refractivity contribution in [3.63, 3.8) is 0 Å². The molecule has 0 N–H and O–H groups in total. The minimum Gasteiger partial charge on any atom is -0.0802 e. The molecule has 1 saturated carbocycles. The van der Waals surface area contributed by atoms with Crippen molar-refractivity contribution >= 4 is 0 Å². The van der Waals surface area contributed by atoms with Gasteiger partial charge in [-0.1, -0.05) is 49.6 Å². The molecule has 0 aliphatic heterocycles. The maximum Gasteiger partial charge on any atom is -0.0135 e. The molecule has 0 saturated heterocycles. The molecule has 2 aliphatic carbocycles. The first-order valence-corrected chi connectivity index (χ1v) is 6.29. The van der Waals surface area contributed by atoms with E-state index in [0.29, 0.717) is 0 Å². The molecular formula is C15H22. The maximum absolute atomic E-state index is 2.39. The van der Waals surface area contributed by atoms with Crippen LogP contribution < -0.4 is 0 Å². The van der Waals surface area contributed by atoms with Gasteiger partial charge in [0.05, 0.1) is 0 Å². The Bertz CT molecular complexity index is 296. The highest BCUT2D eigenvalue weighted by Crippen LogP contribution is 2.34. The lowest BCUT2D eigenvalue weighted by molar-refractivity contribution is 0.323. The molecule has 1 fully saturated rings. The quantitative estimate of drug-likeness (QED) is 0.581. The predicted octanol–water partition coefficient (Wildman–Crippen LogP) is 4.65. The molecule has 0 heterocycles. The lowest BCUT2D eigenvalue weighted by atomic mass is 9.79. The zero-order chi connectivity index (χ0) is 10.7. The molecule has 0 aromatic heterocycles. The maximum atomic E-state index is 2.39. The third-order valence-electron chi connectivity index (χ3n) is 3.80. The summed E-state index contributed by atoms with van der Waals surface area (Å²) in [4.78, 5) is 0. The average molecular weight is 202 g/mol. The van der Waals surface area contributed by atoms with E-state index in [4.69, 9.17) is 0 Å². The molecule has 0 bridgehead atoms. The van der Waals surface area contributed by atoms with Crippen LogP contribution in [0.1, 0.15) is 46.0 Å². The number of rotatable bonds is 1.